The van der Waals surface area contributed by atoms with Crippen molar-refractivity contribution in [1.29, 1.82) is 0 Å². The van der Waals surface area contributed by atoms with E-state index >= 15 is 0 Å². The van der Waals surface area contributed by atoms with E-state index in [2.05, 4.69) is 41.2 Å². The summed E-state index contributed by atoms with van der Waals surface area (Å²) in [4.78, 5) is 52.3. The van der Waals surface area contributed by atoms with E-state index in [-0.39, 0.29) is 50.8 Å². The molecular formula is C39H45N3O7. The molecule has 1 aliphatic carbocycles. The summed E-state index contributed by atoms with van der Waals surface area (Å²) in [6.45, 7) is 8.89. The zero-order valence-electron chi connectivity index (χ0n) is 27.8. The Morgan fingerprint density at radius 1 is 0.878 bits per heavy atom. The molecule has 0 fully saturated rings. The maximum atomic E-state index is 13.6. The average molecular weight is 668 g/mol. The molecule has 0 heterocycles. The lowest BCUT2D eigenvalue weighted by Gasteiger charge is -2.24. The number of amides is 3. The summed E-state index contributed by atoms with van der Waals surface area (Å²) in [5.74, 6) is -2.34. The fourth-order valence-electron chi connectivity index (χ4n) is 5.86. The van der Waals surface area contributed by atoms with Gasteiger partial charge in [0.2, 0.25) is 11.8 Å². The Bertz CT molecular complexity index is 1560. The molecule has 49 heavy (non-hydrogen) atoms. The maximum absolute atomic E-state index is 13.6. The van der Waals surface area contributed by atoms with Gasteiger partial charge in [0, 0.05) is 18.4 Å². The Labute approximate surface area is 287 Å². The van der Waals surface area contributed by atoms with E-state index in [0.717, 1.165) is 22.3 Å². The quantitative estimate of drug-likeness (QED) is 0.106. The average Bonchev–Trinajstić information content (AvgIpc) is 3.44. The van der Waals surface area contributed by atoms with Crippen molar-refractivity contribution in [3.8, 4) is 11.1 Å². The molecule has 10 heteroatoms. The summed E-state index contributed by atoms with van der Waals surface area (Å²) in [6.07, 6.45) is 2.35. The molecule has 0 aromatic heterocycles. The van der Waals surface area contributed by atoms with E-state index in [4.69, 9.17) is 9.47 Å². The first-order valence-corrected chi connectivity index (χ1v) is 16.5. The summed E-state index contributed by atoms with van der Waals surface area (Å²) in [7, 11) is 0. The fourth-order valence-corrected chi connectivity index (χ4v) is 5.86. The first-order valence-electron chi connectivity index (χ1n) is 16.5. The Balaban J connectivity index is 1.41. The van der Waals surface area contributed by atoms with Gasteiger partial charge in [-0.2, -0.15) is 0 Å². The number of rotatable bonds is 18. The van der Waals surface area contributed by atoms with Crippen LogP contribution in [0.2, 0.25) is 0 Å². The monoisotopic (exact) mass is 667 g/mol. The molecule has 0 bridgehead atoms. The van der Waals surface area contributed by atoms with Crippen molar-refractivity contribution in [2.75, 3.05) is 19.8 Å². The molecule has 4 N–H and O–H groups in total. The maximum Gasteiger partial charge on any atom is 0.407 e. The molecule has 0 spiro atoms. The Morgan fingerprint density at radius 3 is 2.12 bits per heavy atom. The number of fused-ring (bicyclic) bond motifs is 3. The van der Waals surface area contributed by atoms with Crippen molar-refractivity contribution in [1.82, 2.24) is 16.0 Å². The summed E-state index contributed by atoms with van der Waals surface area (Å²) >= 11 is 0. The normalized spacial score (nSPS) is 14.2. The van der Waals surface area contributed by atoms with Crippen LogP contribution in [0, 0.1) is 5.92 Å². The van der Waals surface area contributed by atoms with E-state index in [1.807, 2.05) is 42.5 Å². The summed E-state index contributed by atoms with van der Waals surface area (Å²) < 4.78 is 11.6. The lowest BCUT2D eigenvalue weighted by atomic mass is 9.98. The Morgan fingerprint density at radius 2 is 1.51 bits per heavy atom. The molecule has 0 radical (unpaired) electrons. The van der Waals surface area contributed by atoms with E-state index in [1.54, 1.807) is 43.3 Å². The van der Waals surface area contributed by atoms with Gasteiger partial charge in [-0.3, -0.25) is 9.59 Å². The first-order chi connectivity index (χ1) is 23.7. The number of aliphatic hydroxyl groups is 1. The van der Waals surface area contributed by atoms with Gasteiger partial charge < -0.3 is 30.5 Å². The number of carbonyl (C=O) groups is 4. The van der Waals surface area contributed by atoms with Crippen LogP contribution in [0.15, 0.2) is 104 Å². The lowest BCUT2D eigenvalue weighted by molar-refractivity contribution is -0.152. The number of hydrogen-bond acceptors (Lipinski definition) is 7. The third-order valence-corrected chi connectivity index (χ3v) is 8.41. The van der Waals surface area contributed by atoms with Crippen LogP contribution in [0.4, 0.5) is 4.79 Å². The predicted octanol–water partition coefficient (Wildman–Crippen LogP) is 5.34. The smallest absolute Gasteiger partial charge is 0.407 e. The van der Waals surface area contributed by atoms with Gasteiger partial charge in [0.1, 0.15) is 18.8 Å². The highest BCUT2D eigenvalue weighted by atomic mass is 16.6. The SMILES string of the molecule is C=CCC[C@H](NC(=O)OCC1c2ccccc2-c2ccccc21)C(=O)O[C@@H](CNC(=O)[C@@H](CC=C)CC(=O)N[C@H](C)CO)c1ccccc1. The number of esters is 1. The van der Waals surface area contributed by atoms with Gasteiger partial charge in [-0.1, -0.05) is 91.0 Å². The van der Waals surface area contributed by atoms with Crippen molar-refractivity contribution >= 4 is 23.9 Å². The van der Waals surface area contributed by atoms with Crippen LogP contribution in [-0.2, 0) is 23.9 Å². The van der Waals surface area contributed by atoms with Gasteiger partial charge in [-0.15, -0.1) is 13.2 Å². The van der Waals surface area contributed by atoms with Crippen LogP contribution in [0.5, 0.6) is 0 Å². The molecule has 0 unspecified atom stereocenters. The second kappa shape index (κ2) is 18.4. The van der Waals surface area contributed by atoms with Crippen molar-refractivity contribution in [3.63, 3.8) is 0 Å². The highest BCUT2D eigenvalue weighted by Gasteiger charge is 2.31. The Kier molecular flexibility index (Phi) is 13.7. The van der Waals surface area contributed by atoms with Crippen LogP contribution >= 0.6 is 0 Å². The Hall–Kier alpha value is -5.22. The molecule has 1 aliphatic rings. The van der Waals surface area contributed by atoms with Crippen LogP contribution in [0.25, 0.3) is 11.1 Å². The van der Waals surface area contributed by atoms with Gasteiger partial charge >= 0.3 is 12.1 Å². The van der Waals surface area contributed by atoms with Gasteiger partial charge in [0.05, 0.1) is 19.1 Å². The van der Waals surface area contributed by atoms with Gasteiger partial charge in [-0.05, 0) is 54.0 Å². The molecule has 3 amide bonds. The molecule has 3 aromatic rings. The minimum absolute atomic E-state index is 0.0734. The molecule has 0 saturated heterocycles. The molecule has 4 atom stereocenters. The molecule has 10 nitrogen and oxygen atoms in total. The topological polar surface area (TPSA) is 143 Å². The number of hydrogen-bond donors (Lipinski definition) is 4. The van der Waals surface area contributed by atoms with Gasteiger partial charge in [0.15, 0.2) is 0 Å². The van der Waals surface area contributed by atoms with E-state index in [9.17, 15) is 24.3 Å². The molecule has 0 aliphatic heterocycles. The highest BCUT2D eigenvalue weighted by Crippen LogP contribution is 2.44. The number of ether oxygens (including phenoxy) is 2. The number of aliphatic hydroxyl groups excluding tert-OH is 1. The third-order valence-electron chi connectivity index (χ3n) is 8.41. The molecule has 3 aromatic carbocycles. The second-order valence-corrected chi connectivity index (χ2v) is 12.0. The fraction of sp³-hybridized carbons (Fsp3) is 0.333. The summed E-state index contributed by atoms with van der Waals surface area (Å²) in [5, 5.41) is 17.4. The van der Waals surface area contributed by atoms with Crippen molar-refractivity contribution < 1.29 is 33.8 Å². The number of carbonyl (C=O) groups excluding carboxylic acids is 4. The molecule has 258 valence electrons. The van der Waals surface area contributed by atoms with Crippen LogP contribution in [-0.4, -0.2) is 60.8 Å². The molecule has 0 saturated carbocycles. The van der Waals surface area contributed by atoms with E-state index in [1.165, 1.54) is 0 Å². The first kappa shape index (κ1) is 36.6. The van der Waals surface area contributed by atoms with E-state index < -0.39 is 42.1 Å². The summed E-state index contributed by atoms with van der Waals surface area (Å²) in [6, 6.07) is 23.5. The zero-order valence-corrected chi connectivity index (χ0v) is 27.8. The number of benzene rings is 3. The largest absolute Gasteiger partial charge is 0.454 e. The third kappa shape index (κ3) is 10.1. The lowest BCUT2D eigenvalue weighted by Crippen LogP contribution is -2.44. The van der Waals surface area contributed by atoms with Crippen LogP contribution in [0.1, 0.15) is 61.3 Å². The minimum atomic E-state index is -1.04. The number of alkyl carbamates (subject to hydrolysis) is 1. The van der Waals surface area contributed by atoms with Crippen molar-refractivity contribution in [2.45, 2.75) is 56.7 Å². The number of nitrogens with one attached hydrogen (secondary N) is 3. The number of allylic oxidation sites excluding steroid dienone is 2. The standard InChI is InChI=1S/C39H45N3O7/c1-4-6-21-34(42-39(47)48-25-33-31-19-12-10-17-29(31)30-18-11-13-20-32(30)33)38(46)49-35(27-15-8-7-9-16-27)23-40-37(45)28(14-5-2)22-36(44)41-26(3)24-43/h4-5,7-13,15-20,26,28,33-35,43H,1-2,6,14,21-25H2,3H3,(H,40,45)(H,41,44)(H,42,47)/t26-,28+,34+,35+/m1/s1. The van der Waals surface area contributed by atoms with Crippen LogP contribution < -0.4 is 16.0 Å². The second-order valence-electron chi connectivity index (χ2n) is 12.0. The van der Waals surface area contributed by atoms with Gasteiger partial charge in [0.25, 0.3) is 0 Å². The highest BCUT2D eigenvalue weighted by molar-refractivity contribution is 5.86. The van der Waals surface area contributed by atoms with Crippen LogP contribution in [0.3, 0.4) is 0 Å². The van der Waals surface area contributed by atoms with Crippen molar-refractivity contribution in [3.05, 3.63) is 121 Å². The minimum Gasteiger partial charge on any atom is -0.454 e. The predicted molar refractivity (Wildman–Crippen MR) is 187 cm³/mol. The van der Waals surface area contributed by atoms with Gasteiger partial charge in [-0.25, -0.2) is 9.59 Å². The molecular weight excluding hydrogens is 622 g/mol. The van der Waals surface area contributed by atoms with E-state index in [0.29, 0.717) is 12.0 Å². The molecule has 4 rings (SSSR count). The zero-order chi connectivity index (χ0) is 35.2. The van der Waals surface area contributed by atoms with Crippen molar-refractivity contribution in [2.24, 2.45) is 5.92 Å². The summed E-state index contributed by atoms with van der Waals surface area (Å²) in [5.41, 5.74) is 4.99.